The van der Waals surface area contributed by atoms with Gasteiger partial charge in [-0.2, -0.15) is 0 Å². The van der Waals surface area contributed by atoms with E-state index in [-0.39, 0.29) is 24.2 Å². The van der Waals surface area contributed by atoms with E-state index in [0.29, 0.717) is 31.5 Å². The first-order chi connectivity index (χ1) is 14.5. The third kappa shape index (κ3) is 10.5. The van der Waals surface area contributed by atoms with Gasteiger partial charge in [0.15, 0.2) is 5.78 Å². The van der Waals surface area contributed by atoms with Crippen molar-refractivity contribution < 1.29 is 19.8 Å². The maximum atomic E-state index is 12.3. The number of aliphatic hydroxyl groups excluding tert-OH is 1. The molecule has 0 amide bonds. The Hall–Kier alpha value is -1.44. The number of rotatable bonds is 16. The summed E-state index contributed by atoms with van der Waals surface area (Å²) < 4.78 is 0. The minimum atomic E-state index is -0.955. The lowest BCUT2D eigenvalue weighted by molar-refractivity contribution is -0.122. The van der Waals surface area contributed by atoms with Crippen LogP contribution in [0, 0.1) is 23.7 Å². The first-order valence-electron chi connectivity index (χ1n) is 11.9. The summed E-state index contributed by atoms with van der Waals surface area (Å²) in [5.41, 5.74) is -0.955. The molecule has 0 spiro atoms. The van der Waals surface area contributed by atoms with E-state index < -0.39 is 5.60 Å². The van der Waals surface area contributed by atoms with Crippen molar-refractivity contribution in [1.82, 2.24) is 0 Å². The highest BCUT2D eigenvalue weighted by molar-refractivity contribution is 5.83. The monoisotopic (exact) mass is 418 g/mol. The highest BCUT2D eigenvalue weighted by Crippen LogP contribution is 2.34. The molecular formula is C26H42O4. The third-order valence-electron chi connectivity index (χ3n) is 6.19. The van der Waals surface area contributed by atoms with E-state index in [2.05, 4.69) is 24.8 Å². The fourth-order valence-electron chi connectivity index (χ4n) is 4.39. The Balaban J connectivity index is 2.44. The molecule has 0 radical (unpaired) electrons. The summed E-state index contributed by atoms with van der Waals surface area (Å²) in [7, 11) is 0. The van der Waals surface area contributed by atoms with Crippen LogP contribution in [0.25, 0.3) is 0 Å². The molecule has 1 unspecified atom stereocenters. The van der Waals surface area contributed by atoms with E-state index in [1.165, 1.54) is 12.8 Å². The zero-order chi connectivity index (χ0) is 22.2. The average molecular weight is 419 g/mol. The van der Waals surface area contributed by atoms with Crippen LogP contribution in [0.5, 0.6) is 0 Å². The molecule has 0 aliphatic heterocycles. The standard InChI is InChI=1S/C26H42O4/c1-3-5-6-11-19-26(30,18-4-2)20-12-13-22-16-17-25(29)24(22)15-10-8-7-9-14-23(28)21-27/h12-13,22,24,27,30H,3,5-11,14-17,19-21H2,1-2H3/t22-,24+,26?/m0/s1. The Morgan fingerprint density at radius 1 is 1.17 bits per heavy atom. The largest absolute Gasteiger partial charge is 0.389 e. The van der Waals surface area contributed by atoms with Gasteiger partial charge in [0.1, 0.15) is 18.0 Å². The van der Waals surface area contributed by atoms with Gasteiger partial charge < -0.3 is 10.2 Å². The Labute approximate surface area is 183 Å². The molecule has 4 nitrogen and oxygen atoms in total. The van der Waals surface area contributed by atoms with Crippen molar-refractivity contribution in [2.24, 2.45) is 11.8 Å². The van der Waals surface area contributed by atoms with Crippen LogP contribution >= 0.6 is 0 Å². The molecular weight excluding hydrogens is 376 g/mol. The van der Waals surface area contributed by atoms with Crippen LogP contribution in [-0.2, 0) is 9.59 Å². The van der Waals surface area contributed by atoms with E-state index >= 15 is 0 Å². The molecule has 4 heteroatoms. The van der Waals surface area contributed by atoms with Crippen LogP contribution in [0.3, 0.4) is 0 Å². The molecule has 0 saturated heterocycles. The lowest BCUT2D eigenvalue weighted by Crippen LogP contribution is -2.25. The molecule has 30 heavy (non-hydrogen) atoms. The van der Waals surface area contributed by atoms with Crippen molar-refractivity contribution in [2.75, 3.05) is 6.61 Å². The van der Waals surface area contributed by atoms with Crippen molar-refractivity contribution in [3.8, 4) is 11.8 Å². The molecule has 0 aromatic carbocycles. The molecule has 1 aliphatic rings. The Bertz CT molecular complexity index is 598. The van der Waals surface area contributed by atoms with Crippen molar-refractivity contribution >= 4 is 11.6 Å². The summed E-state index contributed by atoms with van der Waals surface area (Å²) in [4.78, 5) is 23.4. The van der Waals surface area contributed by atoms with Gasteiger partial charge in [-0.15, -0.1) is 5.92 Å². The molecule has 2 N–H and O–H groups in total. The molecule has 0 heterocycles. The Morgan fingerprint density at radius 3 is 2.60 bits per heavy atom. The van der Waals surface area contributed by atoms with E-state index in [1.807, 2.05) is 6.08 Å². The molecule has 0 bridgehead atoms. The normalized spacial score (nSPS) is 20.9. The van der Waals surface area contributed by atoms with Crippen LogP contribution in [0.15, 0.2) is 12.2 Å². The first kappa shape index (κ1) is 26.6. The van der Waals surface area contributed by atoms with Crippen molar-refractivity contribution in [3.63, 3.8) is 0 Å². The van der Waals surface area contributed by atoms with Gasteiger partial charge in [0.25, 0.3) is 0 Å². The highest BCUT2D eigenvalue weighted by atomic mass is 16.3. The van der Waals surface area contributed by atoms with Crippen LogP contribution in [0.1, 0.15) is 104 Å². The lowest BCUT2D eigenvalue weighted by Gasteiger charge is -2.21. The fraction of sp³-hybridized carbons (Fsp3) is 0.769. The SMILES string of the molecule is CC#CC(O)(CC=C[C@H]1CCC(=O)[C@@H]1CCCCCCC(=O)CO)CCCCCC. The molecule has 0 aromatic heterocycles. The first-order valence-corrected chi connectivity index (χ1v) is 11.9. The molecule has 1 aliphatic carbocycles. The topological polar surface area (TPSA) is 74.6 Å². The van der Waals surface area contributed by atoms with Gasteiger partial charge in [-0.25, -0.2) is 0 Å². The van der Waals surface area contributed by atoms with E-state index in [9.17, 15) is 14.7 Å². The van der Waals surface area contributed by atoms with E-state index in [1.54, 1.807) is 6.92 Å². The van der Waals surface area contributed by atoms with Gasteiger partial charge in [0.2, 0.25) is 0 Å². The Morgan fingerprint density at radius 2 is 1.90 bits per heavy atom. The summed E-state index contributed by atoms with van der Waals surface area (Å²) in [6, 6.07) is 0. The minimum absolute atomic E-state index is 0.0928. The summed E-state index contributed by atoms with van der Waals surface area (Å²) in [5.74, 6) is 6.51. The van der Waals surface area contributed by atoms with Gasteiger partial charge in [-0.05, 0) is 44.9 Å². The zero-order valence-electron chi connectivity index (χ0n) is 19.1. The van der Waals surface area contributed by atoms with Crippen LogP contribution in [0.2, 0.25) is 0 Å². The number of ketones is 2. The predicted molar refractivity (Wildman–Crippen MR) is 122 cm³/mol. The highest BCUT2D eigenvalue weighted by Gasteiger charge is 2.32. The minimum Gasteiger partial charge on any atom is -0.389 e. The van der Waals surface area contributed by atoms with E-state index in [4.69, 9.17) is 5.11 Å². The Kier molecular flexibility index (Phi) is 13.6. The molecule has 1 rings (SSSR count). The summed E-state index contributed by atoms with van der Waals surface area (Å²) in [5, 5.41) is 19.6. The van der Waals surface area contributed by atoms with Gasteiger partial charge >= 0.3 is 0 Å². The maximum Gasteiger partial charge on any atom is 0.158 e. The zero-order valence-corrected chi connectivity index (χ0v) is 19.1. The number of hydrogen-bond acceptors (Lipinski definition) is 4. The van der Waals surface area contributed by atoms with Gasteiger partial charge in [-0.3, -0.25) is 9.59 Å². The number of allylic oxidation sites excluding steroid dienone is 1. The average Bonchev–Trinajstić information content (AvgIpc) is 3.07. The predicted octanol–water partition coefficient (Wildman–Crippen LogP) is 5.15. The number of carbonyl (C=O) groups is 2. The molecule has 170 valence electrons. The third-order valence-corrected chi connectivity index (χ3v) is 6.19. The molecule has 3 atom stereocenters. The van der Waals surface area contributed by atoms with Crippen molar-refractivity contribution in [2.45, 2.75) is 109 Å². The summed E-state index contributed by atoms with van der Waals surface area (Å²) in [6.45, 7) is 3.59. The second-order valence-electron chi connectivity index (χ2n) is 8.77. The number of carbonyl (C=O) groups excluding carboxylic acids is 2. The molecule has 1 fully saturated rings. The number of Topliss-reactive ketones (excluding diaryl/α,β-unsaturated/α-hetero) is 2. The summed E-state index contributed by atoms with van der Waals surface area (Å²) >= 11 is 0. The van der Waals surface area contributed by atoms with Crippen LogP contribution < -0.4 is 0 Å². The maximum absolute atomic E-state index is 12.3. The van der Waals surface area contributed by atoms with Gasteiger partial charge in [0, 0.05) is 25.2 Å². The van der Waals surface area contributed by atoms with Crippen molar-refractivity contribution in [3.05, 3.63) is 12.2 Å². The molecule has 1 saturated carbocycles. The second-order valence-corrected chi connectivity index (χ2v) is 8.77. The summed E-state index contributed by atoms with van der Waals surface area (Å²) in [6.07, 6.45) is 16.6. The van der Waals surface area contributed by atoms with Crippen LogP contribution in [0.4, 0.5) is 0 Å². The molecule has 0 aromatic rings. The fourth-order valence-corrected chi connectivity index (χ4v) is 4.39. The number of unbranched alkanes of at least 4 members (excludes halogenated alkanes) is 6. The van der Waals surface area contributed by atoms with Crippen molar-refractivity contribution in [1.29, 1.82) is 0 Å². The van der Waals surface area contributed by atoms with Crippen LogP contribution in [-0.4, -0.2) is 34.0 Å². The van der Waals surface area contributed by atoms with Gasteiger partial charge in [0.05, 0.1) is 0 Å². The van der Waals surface area contributed by atoms with E-state index in [0.717, 1.165) is 51.4 Å². The quantitative estimate of drug-likeness (QED) is 0.206. The second kappa shape index (κ2) is 15.4. The number of aliphatic hydroxyl groups is 2. The smallest absolute Gasteiger partial charge is 0.158 e. The van der Waals surface area contributed by atoms with Gasteiger partial charge in [-0.1, -0.05) is 63.5 Å². The number of hydrogen-bond donors (Lipinski definition) is 2. The lowest BCUT2D eigenvalue weighted by atomic mass is 9.88.